The first-order chi connectivity index (χ1) is 31.7. The number of methoxy groups -OCH3 is 2. The maximum Gasteiger partial charge on any atom is 0.324 e. The van der Waals surface area contributed by atoms with E-state index in [-0.39, 0.29) is 24.8 Å². The summed E-state index contributed by atoms with van der Waals surface area (Å²) in [4.78, 5) is 78.1. The molecule has 6 aromatic rings. The summed E-state index contributed by atoms with van der Waals surface area (Å²) in [5, 5.41) is 16.3. The van der Waals surface area contributed by atoms with Gasteiger partial charge in [0.1, 0.15) is 29.9 Å². The molecule has 6 atom stereocenters. The van der Waals surface area contributed by atoms with Crippen molar-refractivity contribution >= 4 is 62.1 Å². The summed E-state index contributed by atoms with van der Waals surface area (Å²) in [6.45, 7) is -0.393. The van der Waals surface area contributed by atoms with E-state index < -0.39 is 71.2 Å². The van der Waals surface area contributed by atoms with Crippen molar-refractivity contribution in [1.29, 1.82) is 0 Å². The molecule has 3 N–H and O–H groups in total. The second-order valence-corrected chi connectivity index (χ2v) is 16.7. The van der Waals surface area contributed by atoms with Gasteiger partial charge in [-0.05, 0) is 53.1 Å². The Bertz CT molecular complexity index is 2830. The van der Waals surface area contributed by atoms with Crippen molar-refractivity contribution in [2.75, 3.05) is 38.1 Å². The summed E-state index contributed by atoms with van der Waals surface area (Å²) in [5.74, 6) is -0.0695. The minimum Gasteiger partial charge on any atom is -0.491 e. The number of fused-ring (bicyclic) bond motifs is 4. The molecule has 4 heterocycles. The number of anilines is 2. The molecule has 0 aliphatic carbocycles. The molecule has 2 saturated heterocycles. The molecule has 0 saturated carbocycles. The Morgan fingerprint density at radius 3 is 2.26 bits per heavy atom. The zero-order valence-electron chi connectivity index (χ0n) is 35.1. The lowest BCUT2D eigenvalue weighted by atomic mass is 9.65. The van der Waals surface area contributed by atoms with Gasteiger partial charge in [-0.2, -0.15) is 0 Å². The molecule has 15 heteroatoms. The second kappa shape index (κ2) is 18.0. The molecule has 1 aromatic heterocycles. The van der Waals surface area contributed by atoms with Crippen LogP contribution < -0.4 is 15.4 Å². The van der Waals surface area contributed by atoms with E-state index in [2.05, 4.69) is 22.5 Å². The molecule has 2 amide bonds. The van der Waals surface area contributed by atoms with E-state index in [4.69, 9.17) is 23.9 Å². The van der Waals surface area contributed by atoms with Gasteiger partial charge < -0.3 is 34.7 Å². The van der Waals surface area contributed by atoms with Gasteiger partial charge in [0.2, 0.25) is 11.8 Å². The number of thiazole rings is 1. The SMILES string of the molecule is COC(=O)C(CC#Cc1ccc2c(c1)C1(C(=O)N2)C(C(=O)Nc2nc3ccccc3s2)C2C(=O)OC(c3ccccc3)C(c3ccccc3)N2C1c1ccccc1OCCO)C(=O)OC. The van der Waals surface area contributed by atoms with Gasteiger partial charge in [-0.1, -0.05) is 114 Å². The topological polar surface area (TPSA) is 183 Å². The van der Waals surface area contributed by atoms with E-state index in [0.29, 0.717) is 39.2 Å². The van der Waals surface area contributed by atoms with Crippen LogP contribution in [0.15, 0.2) is 127 Å². The zero-order chi connectivity index (χ0) is 45.2. The van der Waals surface area contributed by atoms with Crippen LogP contribution in [0.2, 0.25) is 0 Å². The van der Waals surface area contributed by atoms with Crippen LogP contribution in [0.3, 0.4) is 0 Å². The summed E-state index contributed by atoms with van der Waals surface area (Å²) in [6, 6.07) is 35.1. The molecule has 6 unspecified atom stereocenters. The first-order valence-corrected chi connectivity index (χ1v) is 21.7. The van der Waals surface area contributed by atoms with E-state index >= 15 is 14.4 Å². The number of cyclic esters (lactones) is 1. The quantitative estimate of drug-likeness (QED) is 0.0574. The fourth-order valence-corrected chi connectivity index (χ4v) is 10.4. The van der Waals surface area contributed by atoms with Gasteiger partial charge in [-0.25, -0.2) is 4.98 Å². The summed E-state index contributed by atoms with van der Waals surface area (Å²) in [5.41, 5.74) is 1.80. The van der Waals surface area contributed by atoms with Gasteiger partial charge >= 0.3 is 17.9 Å². The van der Waals surface area contributed by atoms with E-state index in [0.717, 1.165) is 24.5 Å². The van der Waals surface area contributed by atoms with Crippen molar-refractivity contribution in [1.82, 2.24) is 9.88 Å². The highest BCUT2D eigenvalue weighted by molar-refractivity contribution is 7.22. The minimum atomic E-state index is -1.91. The number of aliphatic hydroxyl groups is 1. The third-order valence-corrected chi connectivity index (χ3v) is 13.1. The number of morpholine rings is 1. The summed E-state index contributed by atoms with van der Waals surface area (Å²) in [6.07, 6.45) is -1.14. The number of para-hydroxylation sites is 2. The average Bonchev–Trinajstić information content (AvgIpc) is 3.99. The Balaban J connectivity index is 1.31. The number of esters is 3. The van der Waals surface area contributed by atoms with Gasteiger partial charge in [0.05, 0.1) is 49.0 Å². The molecule has 14 nitrogen and oxygen atoms in total. The number of ether oxygens (including phenoxy) is 4. The third kappa shape index (κ3) is 7.55. The van der Waals surface area contributed by atoms with Crippen LogP contribution in [0.25, 0.3) is 10.2 Å². The highest BCUT2D eigenvalue weighted by atomic mass is 32.1. The third-order valence-electron chi connectivity index (χ3n) is 12.2. The number of amides is 2. The molecule has 3 aliphatic rings. The number of hydrogen-bond donors (Lipinski definition) is 3. The van der Waals surface area contributed by atoms with Crippen LogP contribution >= 0.6 is 11.3 Å². The van der Waals surface area contributed by atoms with E-state index in [1.54, 1.807) is 42.5 Å². The molecular formula is C50H42N4O10S. The lowest BCUT2D eigenvalue weighted by Gasteiger charge is -2.46. The second-order valence-electron chi connectivity index (χ2n) is 15.7. The highest BCUT2D eigenvalue weighted by Gasteiger charge is 2.74. The Morgan fingerprint density at radius 1 is 0.877 bits per heavy atom. The number of aromatic nitrogens is 1. The van der Waals surface area contributed by atoms with Crippen LogP contribution in [-0.2, 0) is 43.6 Å². The maximum absolute atomic E-state index is 15.6. The summed E-state index contributed by atoms with van der Waals surface area (Å²) in [7, 11) is 2.33. The van der Waals surface area contributed by atoms with Crippen molar-refractivity contribution in [3.63, 3.8) is 0 Å². The van der Waals surface area contributed by atoms with Gasteiger partial charge in [0, 0.05) is 23.2 Å². The predicted molar refractivity (Wildman–Crippen MR) is 239 cm³/mol. The molecule has 0 bridgehead atoms. The zero-order valence-corrected chi connectivity index (χ0v) is 36.0. The molecule has 5 aromatic carbocycles. The molecule has 9 rings (SSSR count). The normalized spacial score (nSPS) is 22.0. The summed E-state index contributed by atoms with van der Waals surface area (Å²) < 4.78 is 23.2. The van der Waals surface area contributed by atoms with Crippen molar-refractivity contribution in [3.05, 3.63) is 155 Å². The molecule has 328 valence electrons. The first-order valence-electron chi connectivity index (χ1n) is 20.9. The van der Waals surface area contributed by atoms with Crippen LogP contribution in [-0.4, -0.2) is 78.2 Å². The van der Waals surface area contributed by atoms with Crippen LogP contribution in [0.1, 0.15) is 52.4 Å². The van der Waals surface area contributed by atoms with E-state index in [1.165, 1.54) is 11.3 Å². The van der Waals surface area contributed by atoms with Crippen molar-refractivity contribution < 1.29 is 48.0 Å². The lowest BCUT2D eigenvalue weighted by molar-refractivity contribution is -0.178. The Kier molecular flexibility index (Phi) is 11.9. The van der Waals surface area contributed by atoms with Gasteiger partial charge in [0.15, 0.2) is 11.0 Å². The van der Waals surface area contributed by atoms with Crippen molar-refractivity contribution in [2.24, 2.45) is 11.8 Å². The van der Waals surface area contributed by atoms with Crippen LogP contribution in [0.4, 0.5) is 10.8 Å². The van der Waals surface area contributed by atoms with Crippen LogP contribution in [0.5, 0.6) is 5.75 Å². The number of carbonyl (C=O) groups excluding carboxylic acids is 5. The Labute approximate surface area is 377 Å². The van der Waals surface area contributed by atoms with E-state index in [9.17, 15) is 14.7 Å². The van der Waals surface area contributed by atoms with Crippen LogP contribution in [0, 0.1) is 23.7 Å². The van der Waals surface area contributed by atoms with Gasteiger partial charge in [0.25, 0.3) is 0 Å². The fraction of sp³-hybridized carbons (Fsp3) is 0.240. The largest absolute Gasteiger partial charge is 0.491 e. The number of hydrogen-bond acceptors (Lipinski definition) is 13. The predicted octanol–water partition coefficient (Wildman–Crippen LogP) is 6.28. The number of carbonyl (C=O) groups is 5. The molecule has 0 radical (unpaired) electrons. The Hall–Kier alpha value is -7.38. The molecular weight excluding hydrogens is 849 g/mol. The smallest absolute Gasteiger partial charge is 0.324 e. The maximum atomic E-state index is 15.6. The number of nitrogens with zero attached hydrogens (tertiary/aromatic N) is 2. The highest BCUT2D eigenvalue weighted by Crippen LogP contribution is 2.65. The Morgan fingerprint density at radius 2 is 1.55 bits per heavy atom. The van der Waals surface area contributed by atoms with E-state index in [1.807, 2.05) is 89.8 Å². The number of nitrogens with one attached hydrogen (secondary N) is 2. The first kappa shape index (κ1) is 42.9. The lowest BCUT2D eigenvalue weighted by Crippen LogP contribution is -2.53. The van der Waals surface area contributed by atoms with Crippen molar-refractivity contribution in [2.45, 2.75) is 36.1 Å². The van der Waals surface area contributed by atoms with Gasteiger partial charge in [-0.3, -0.25) is 28.9 Å². The van der Waals surface area contributed by atoms with Gasteiger partial charge in [-0.15, -0.1) is 0 Å². The molecule has 2 fully saturated rings. The standard InChI is InChI=1S/C50H42N4O10S/c1-61-45(57)33(46(58)62-2)20-13-14-29-24-25-35-34(28-29)50(48(60)51-35)39(44(56)53-49-52-36-21-10-12-23-38(36)65-49)41-47(59)64-42(31-17-7-4-8-18-31)40(30-15-5-3-6-16-30)54(41)43(50)32-19-9-11-22-37(32)63-27-26-55/h3-12,15-19,21-25,28,33,39-43,55H,20,26-27H2,1-2H3,(H,51,60)(H,52,53,56). The number of aliphatic hydroxyl groups excluding tert-OH is 1. The number of benzene rings is 5. The molecule has 65 heavy (non-hydrogen) atoms. The summed E-state index contributed by atoms with van der Waals surface area (Å²) >= 11 is 1.26. The fourth-order valence-electron chi connectivity index (χ4n) is 9.55. The molecule has 3 aliphatic heterocycles. The minimum absolute atomic E-state index is 0.0842. The van der Waals surface area contributed by atoms with Crippen molar-refractivity contribution in [3.8, 4) is 17.6 Å². The average molecular weight is 891 g/mol. The number of rotatable bonds is 11. The molecule has 1 spiro atoms. The monoisotopic (exact) mass is 890 g/mol.